The molecule has 276 valence electrons. The second kappa shape index (κ2) is 15.9. The van der Waals surface area contributed by atoms with Crippen molar-refractivity contribution in [3.05, 3.63) is 63.8 Å². The average Bonchev–Trinajstić information content (AvgIpc) is 3.87. The molecule has 3 aliphatic rings. The van der Waals surface area contributed by atoms with Gasteiger partial charge in [0.25, 0.3) is 5.91 Å². The molecule has 3 fully saturated rings. The second-order valence-electron chi connectivity index (χ2n) is 13.9. The fourth-order valence-corrected chi connectivity index (χ4v) is 8.55. The van der Waals surface area contributed by atoms with Gasteiger partial charge in [-0.1, -0.05) is 41.4 Å². The van der Waals surface area contributed by atoms with E-state index in [1.54, 1.807) is 30.2 Å². The van der Waals surface area contributed by atoms with E-state index in [1.165, 1.54) is 7.11 Å². The SMILES string of the molecule is CCOC(=O)C1CCC(OC(C(=O)Cc2cc(Cl)c(NC(=O)c3cn(C)c4ccccc34)cc2Cl)(N2CCCC2)N2CCC[C@]2(F)COC)CC1. The van der Waals surface area contributed by atoms with Gasteiger partial charge in [0.1, 0.15) is 0 Å². The number of nitrogens with one attached hydrogen (secondary N) is 1. The fourth-order valence-electron chi connectivity index (χ4n) is 8.09. The number of fused-ring (bicyclic) bond motifs is 1. The lowest BCUT2D eigenvalue weighted by Crippen LogP contribution is -2.71. The molecule has 1 aliphatic carbocycles. The van der Waals surface area contributed by atoms with E-state index in [1.807, 2.05) is 40.8 Å². The molecule has 3 heterocycles. The number of ketones is 1. The molecule has 6 rings (SSSR count). The van der Waals surface area contributed by atoms with Crippen LogP contribution in [0.1, 0.15) is 74.2 Å². The number of anilines is 1. The highest BCUT2D eigenvalue weighted by Crippen LogP contribution is 2.44. The lowest BCUT2D eigenvalue weighted by atomic mass is 9.87. The van der Waals surface area contributed by atoms with Crippen LogP contribution in [-0.4, -0.2) is 89.7 Å². The predicted molar refractivity (Wildman–Crippen MR) is 195 cm³/mol. The van der Waals surface area contributed by atoms with E-state index in [4.69, 9.17) is 37.4 Å². The Morgan fingerprint density at radius 3 is 2.45 bits per heavy atom. The van der Waals surface area contributed by atoms with Gasteiger partial charge >= 0.3 is 5.97 Å². The van der Waals surface area contributed by atoms with Gasteiger partial charge in [-0.25, -0.2) is 9.29 Å². The van der Waals surface area contributed by atoms with Crippen molar-refractivity contribution in [1.82, 2.24) is 14.4 Å². The standard InChI is InChI=1S/C38H47Cl2FN4O6/c1-4-50-36(48)25-12-14-27(15-13-25)51-38(44-17-7-8-18-44,45-19-9-16-37(45,41)24-49-3)34(46)21-26-20-31(40)32(22-30(26)39)42-35(47)29-23-43(2)33-11-6-5-10-28(29)33/h5-6,10-11,20,22-23,25,27H,4,7-9,12-19,21,24H2,1-3H3,(H,42,47)/t25?,27?,37-,38?/m1/s1. The molecule has 2 aromatic carbocycles. The first-order valence-electron chi connectivity index (χ1n) is 17.9. The van der Waals surface area contributed by atoms with Gasteiger partial charge < -0.3 is 24.1 Å². The largest absolute Gasteiger partial charge is 0.466 e. The van der Waals surface area contributed by atoms with E-state index < -0.39 is 17.7 Å². The van der Waals surface area contributed by atoms with Gasteiger partial charge in [-0.15, -0.1) is 0 Å². The van der Waals surface area contributed by atoms with E-state index in [0.717, 1.165) is 23.7 Å². The van der Waals surface area contributed by atoms with Gasteiger partial charge in [-0.2, -0.15) is 0 Å². The summed E-state index contributed by atoms with van der Waals surface area (Å²) in [5.74, 6) is -4.83. The van der Waals surface area contributed by atoms with Crippen molar-refractivity contribution in [2.24, 2.45) is 13.0 Å². The van der Waals surface area contributed by atoms with E-state index in [-0.39, 0.29) is 53.1 Å². The highest BCUT2D eigenvalue weighted by molar-refractivity contribution is 6.36. The molecule has 10 nitrogen and oxygen atoms in total. The van der Waals surface area contributed by atoms with Crippen molar-refractivity contribution >= 4 is 57.5 Å². The minimum absolute atomic E-state index is 0.190. The number of para-hydroxylation sites is 1. The number of amides is 1. The quantitative estimate of drug-likeness (QED) is 0.146. The Labute approximate surface area is 308 Å². The number of Topliss-reactive ketones (excluding diaryl/α,β-unsaturated/α-hetero) is 1. The summed E-state index contributed by atoms with van der Waals surface area (Å²) in [6.07, 6.45) is 5.74. The summed E-state index contributed by atoms with van der Waals surface area (Å²) in [4.78, 5) is 44.5. The zero-order valence-electron chi connectivity index (χ0n) is 29.5. The molecule has 2 atom stereocenters. The maximum absolute atomic E-state index is 17.0. The number of aromatic nitrogens is 1. The van der Waals surface area contributed by atoms with Crippen LogP contribution in [0.2, 0.25) is 10.0 Å². The van der Waals surface area contributed by atoms with Gasteiger partial charge in [0, 0.05) is 62.3 Å². The first kappa shape index (κ1) is 37.7. The van der Waals surface area contributed by atoms with Crippen LogP contribution >= 0.6 is 23.2 Å². The number of hydrogen-bond acceptors (Lipinski definition) is 8. The van der Waals surface area contributed by atoms with E-state index in [2.05, 4.69) is 5.32 Å². The number of benzene rings is 2. The van der Waals surface area contributed by atoms with Crippen LogP contribution < -0.4 is 5.32 Å². The lowest BCUT2D eigenvalue weighted by molar-refractivity contribution is -0.289. The fraction of sp³-hybridized carbons (Fsp3) is 0.553. The minimum atomic E-state index is -1.94. The Bertz CT molecular complexity index is 1760. The van der Waals surface area contributed by atoms with Gasteiger partial charge in [0.15, 0.2) is 11.6 Å². The number of carbonyl (C=O) groups excluding carboxylic acids is 3. The van der Waals surface area contributed by atoms with Crippen LogP contribution in [0.4, 0.5) is 10.1 Å². The van der Waals surface area contributed by atoms with Crippen LogP contribution in [0.3, 0.4) is 0 Å². The number of methoxy groups -OCH3 is 1. The predicted octanol–water partition coefficient (Wildman–Crippen LogP) is 7.15. The van der Waals surface area contributed by atoms with Crippen molar-refractivity contribution in [3.63, 3.8) is 0 Å². The number of carbonyl (C=O) groups is 3. The van der Waals surface area contributed by atoms with Crippen LogP contribution in [-0.2, 0) is 37.3 Å². The second-order valence-corrected chi connectivity index (χ2v) is 14.7. The van der Waals surface area contributed by atoms with Crippen molar-refractivity contribution in [3.8, 4) is 0 Å². The summed E-state index contributed by atoms with van der Waals surface area (Å²) in [5.41, 5.74) is 2.14. The molecule has 1 N–H and O–H groups in total. The van der Waals surface area contributed by atoms with E-state index in [9.17, 15) is 9.59 Å². The lowest BCUT2D eigenvalue weighted by Gasteiger charge is -2.51. The first-order valence-corrected chi connectivity index (χ1v) is 18.7. The number of rotatable bonds is 13. The average molecular weight is 746 g/mol. The van der Waals surface area contributed by atoms with Crippen molar-refractivity contribution in [2.75, 3.05) is 45.3 Å². The molecule has 0 radical (unpaired) electrons. The number of likely N-dealkylation sites (tertiary alicyclic amines) is 2. The third-order valence-corrected chi connectivity index (χ3v) is 11.2. The molecule has 2 saturated heterocycles. The summed E-state index contributed by atoms with van der Waals surface area (Å²) in [5, 5.41) is 4.12. The Morgan fingerprint density at radius 1 is 1.02 bits per heavy atom. The van der Waals surface area contributed by atoms with Gasteiger partial charge in [-0.05, 0) is 82.1 Å². The topological polar surface area (TPSA) is 102 Å². The number of ether oxygens (including phenoxy) is 3. The molecule has 2 aliphatic heterocycles. The highest BCUT2D eigenvalue weighted by Gasteiger charge is 2.61. The third-order valence-electron chi connectivity index (χ3n) is 10.6. The number of alkyl halides is 1. The number of halogens is 3. The van der Waals surface area contributed by atoms with Gasteiger partial charge in [-0.3, -0.25) is 19.3 Å². The molecule has 1 saturated carbocycles. The molecule has 3 aromatic rings. The first-order chi connectivity index (χ1) is 24.5. The summed E-state index contributed by atoms with van der Waals surface area (Å²) in [6, 6.07) is 10.7. The summed E-state index contributed by atoms with van der Waals surface area (Å²) < 4.78 is 36.5. The number of hydrogen-bond donors (Lipinski definition) is 1. The van der Waals surface area contributed by atoms with Gasteiger partial charge in [0.05, 0.1) is 41.5 Å². The van der Waals surface area contributed by atoms with Crippen LogP contribution in [0, 0.1) is 5.92 Å². The maximum Gasteiger partial charge on any atom is 0.308 e. The van der Waals surface area contributed by atoms with E-state index >= 15 is 9.18 Å². The summed E-state index contributed by atoms with van der Waals surface area (Å²) in [7, 11) is 3.33. The Balaban J connectivity index is 1.30. The summed E-state index contributed by atoms with van der Waals surface area (Å²) in [6.45, 7) is 3.30. The zero-order valence-corrected chi connectivity index (χ0v) is 31.0. The molecule has 0 spiro atoms. The number of esters is 1. The molecule has 1 unspecified atom stereocenters. The molecule has 0 bridgehead atoms. The zero-order chi connectivity index (χ0) is 36.3. The van der Waals surface area contributed by atoms with Crippen LogP contribution in [0.15, 0.2) is 42.6 Å². The summed E-state index contributed by atoms with van der Waals surface area (Å²) >= 11 is 13.6. The minimum Gasteiger partial charge on any atom is -0.466 e. The third kappa shape index (κ3) is 7.57. The van der Waals surface area contributed by atoms with Crippen molar-refractivity contribution in [1.29, 1.82) is 0 Å². The van der Waals surface area contributed by atoms with Gasteiger partial charge in [0.2, 0.25) is 5.85 Å². The normalized spacial score (nSPS) is 24.1. The van der Waals surface area contributed by atoms with E-state index in [0.29, 0.717) is 75.2 Å². The Hall–Kier alpha value is -3.06. The highest BCUT2D eigenvalue weighted by atomic mass is 35.5. The molecule has 1 aromatic heterocycles. The Kier molecular flexibility index (Phi) is 11.7. The monoisotopic (exact) mass is 744 g/mol. The number of nitrogens with zero attached hydrogens (tertiary/aromatic N) is 3. The molecule has 51 heavy (non-hydrogen) atoms. The molecular formula is C38H47Cl2FN4O6. The molecule has 1 amide bonds. The van der Waals surface area contributed by atoms with Crippen molar-refractivity contribution < 1.29 is 33.0 Å². The maximum atomic E-state index is 17.0. The van der Waals surface area contributed by atoms with Crippen LogP contribution in [0.25, 0.3) is 10.9 Å². The van der Waals surface area contributed by atoms with Crippen molar-refractivity contribution in [2.45, 2.75) is 82.5 Å². The Morgan fingerprint density at radius 2 is 1.75 bits per heavy atom. The molecular weight excluding hydrogens is 698 g/mol. The van der Waals surface area contributed by atoms with Crippen LogP contribution in [0.5, 0.6) is 0 Å². The molecule has 13 heteroatoms. The number of aryl methyl sites for hydroxylation is 1. The smallest absolute Gasteiger partial charge is 0.308 e.